The predicted molar refractivity (Wildman–Crippen MR) is 82.2 cm³/mol. The number of aromatic nitrogens is 1. The van der Waals surface area contributed by atoms with E-state index in [0.717, 1.165) is 35.4 Å². The van der Waals surface area contributed by atoms with Crippen molar-refractivity contribution in [2.24, 2.45) is 0 Å². The number of anilines is 1. The quantitative estimate of drug-likeness (QED) is 0.910. The second kappa shape index (κ2) is 6.28. The van der Waals surface area contributed by atoms with Crippen molar-refractivity contribution in [3.8, 4) is 5.75 Å². The van der Waals surface area contributed by atoms with Crippen LogP contribution in [0.1, 0.15) is 12.8 Å². The first kappa shape index (κ1) is 14.1. The van der Waals surface area contributed by atoms with Gasteiger partial charge in [0, 0.05) is 13.2 Å². The van der Waals surface area contributed by atoms with E-state index in [4.69, 9.17) is 9.47 Å². The number of fused-ring (bicyclic) bond motifs is 1. The highest BCUT2D eigenvalue weighted by Gasteiger charge is 2.16. The molecule has 2 amide bonds. The summed E-state index contributed by atoms with van der Waals surface area (Å²) in [6.07, 6.45) is 2.20. The molecule has 2 aromatic rings. The Bertz CT molecular complexity index is 637. The Morgan fingerprint density at radius 3 is 3.24 bits per heavy atom. The molecule has 0 radical (unpaired) electrons. The van der Waals surface area contributed by atoms with Gasteiger partial charge >= 0.3 is 6.03 Å². The molecule has 1 aromatic heterocycles. The fourth-order valence-corrected chi connectivity index (χ4v) is 3.13. The average molecular weight is 307 g/mol. The van der Waals surface area contributed by atoms with E-state index in [-0.39, 0.29) is 12.1 Å². The summed E-state index contributed by atoms with van der Waals surface area (Å²) in [6.45, 7) is 1.32. The molecule has 1 aliphatic heterocycles. The highest BCUT2D eigenvalue weighted by atomic mass is 32.1. The summed E-state index contributed by atoms with van der Waals surface area (Å²) >= 11 is 1.42. The Kier molecular flexibility index (Phi) is 4.21. The number of benzene rings is 1. The van der Waals surface area contributed by atoms with Crippen LogP contribution in [-0.4, -0.2) is 37.4 Å². The lowest BCUT2D eigenvalue weighted by Gasteiger charge is -2.10. The molecule has 1 unspecified atom stereocenters. The van der Waals surface area contributed by atoms with Crippen LogP contribution in [0.3, 0.4) is 0 Å². The number of amides is 2. The van der Waals surface area contributed by atoms with Crippen molar-refractivity contribution in [3.05, 3.63) is 18.2 Å². The zero-order valence-corrected chi connectivity index (χ0v) is 12.5. The van der Waals surface area contributed by atoms with Crippen molar-refractivity contribution in [1.29, 1.82) is 0 Å². The normalized spacial score (nSPS) is 17.9. The number of hydrogen-bond acceptors (Lipinski definition) is 5. The molecule has 1 atom stereocenters. The summed E-state index contributed by atoms with van der Waals surface area (Å²) in [5.74, 6) is 0.778. The van der Waals surface area contributed by atoms with Crippen LogP contribution in [0.25, 0.3) is 10.2 Å². The molecule has 2 N–H and O–H groups in total. The van der Waals surface area contributed by atoms with Crippen molar-refractivity contribution in [3.63, 3.8) is 0 Å². The minimum Gasteiger partial charge on any atom is -0.497 e. The zero-order valence-electron chi connectivity index (χ0n) is 11.7. The van der Waals surface area contributed by atoms with Gasteiger partial charge in [-0.3, -0.25) is 5.32 Å². The Balaban J connectivity index is 1.59. The standard InChI is InChI=1S/C14H17N3O3S/c1-19-9-4-5-11-12(7-9)21-14(16-11)17-13(18)15-8-10-3-2-6-20-10/h4-5,7,10H,2-3,6,8H2,1H3,(H2,15,16,17,18). The van der Waals surface area contributed by atoms with Gasteiger partial charge in [0.1, 0.15) is 5.75 Å². The third kappa shape index (κ3) is 3.43. The SMILES string of the molecule is COc1ccc2nc(NC(=O)NCC3CCCO3)sc2c1. The second-order valence-corrected chi connectivity index (χ2v) is 5.85. The Morgan fingerprint density at radius 1 is 1.57 bits per heavy atom. The van der Waals surface area contributed by atoms with Crippen LogP contribution in [-0.2, 0) is 4.74 Å². The number of ether oxygens (including phenoxy) is 2. The van der Waals surface area contributed by atoms with E-state index >= 15 is 0 Å². The van der Waals surface area contributed by atoms with Crippen LogP contribution >= 0.6 is 11.3 Å². The van der Waals surface area contributed by atoms with Crippen molar-refractivity contribution < 1.29 is 14.3 Å². The Labute approximate surface area is 126 Å². The number of methoxy groups -OCH3 is 1. The third-order valence-electron chi connectivity index (χ3n) is 3.33. The van der Waals surface area contributed by atoms with Gasteiger partial charge < -0.3 is 14.8 Å². The summed E-state index contributed by atoms with van der Waals surface area (Å²) in [6, 6.07) is 5.38. The fourth-order valence-electron chi connectivity index (χ4n) is 2.24. The van der Waals surface area contributed by atoms with Gasteiger partial charge in [-0.1, -0.05) is 11.3 Å². The number of carbonyl (C=O) groups excluding carboxylic acids is 1. The first-order chi connectivity index (χ1) is 10.2. The smallest absolute Gasteiger partial charge is 0.321 e. The van der Waals surface area contributed by atoms with Gasteiger partial charge in [-0.05, 0) is 31.0 Å². The van der Waals surface area contributed by atoms with Gasteiger partial charge in [-0.25, -0.2) is 9.78 Å². The maximum atomic E-state index is 11.8. The number of nitrogens with zero attached hydrogens (tertiary/aromatic N) is 1. The van der Waals surface area contributed by atoms with E-state index in [9.17, 15) is 4.79 Å². The number of nitrogens with one attached hydrogen (secondary N) is 2. The second-order valence-electron chi connectivity index (χ2n) is 4.82. The van der Waals surface area contributed by atoms with Gasteiger partial charge in [-0.2, -0.15) is 0 Å². The van der Waals surface area contributed by atoms with Crippen LogP contribution in [0.5, 0.6) is 5.75 Å². The molecule has 21 heavy (non-hydrogen) atoms. The first-order valence-corrected chi connectivity index (χ1v) is 7.67. The first-order valence-electron chi connectivity index (χ1n) is 6.85. The van der Waals surface area contributed by atoms with Gasteiger partial charge in [0.15, 0.2) is 5.13 Å². The lowest BCUT2D eigenvalue weighted by Crippen LogP contribution is -2.34. The van der Waals surface area contributed by atoms with E-state index in [2.05, 4.69) is 15.6 Å². The minimum atomic E-state index is -0.253. The van der Waals surface area contributed by atoms with Crippen LogP contribution in [0.2, 0.25) is 0 Å². The molecule has 0 aliphatic carbocycles. The van der Waals surface area contributed by atoms with Crippen LogP contribution < -0.4 is 15.4 Å². The van der Waals surface area contributed by atoms with Gasteiger partial charge in [-0.15, -0.1) is 0 Å². The molecule has 1 fully saturated rings. The lowest BCUT2D eigenvalue weighted by atomic mass is 10.2. The summed E-state index contributed by atoms with van der Waals surface area (Å²) in [5.41, 5.74) is 0.843. The topological polar surface area (TPSA) is 72.5 Å². The Hall–Kier alpha value is -1.86. The van der Waals surface area contributed by atoms with Crippen LogP contribution in [0, 0.1) is 0 Å². The minimum absolute atomic E-state index is 0.135. The van der Waals surface area contributed by atoms with Crippen LogP contribution in [0.15, 0.2) is 18.2 Å². The molecule has 6 nitrogen and oxygen atoms in total. The molecule has 0 spiro atoms. The van der Waals surface area contributed by atoms with E-state index in [0.29, 0.717) is 11.7 Å². The van der Waals surface area contributed by atoms with Gasteiger partial charge in [0.05, 0.1) is 23.4 Å². The van der Waals surface area contributed by atoms with E-state index in [1.54, 1.807) is 7.11 Å². The molecule has 112 valence electrons. The van der Waals surface area contributed by atoms with E-state index < -0.39 is 0 Å². The highest BCUT2D eigenvalue weighted by Crippen LogP contribution is 2.29. The van der Waals surface area contributed by atoms with Crippen molar-refractivity contribution in [2.75, 3.05) is 25.6 Å². The van der Waals surface area contributed by atoms with Crippen molar-refractivity contribution in [2.45, 2.75) is 18.9 Å². The third-order valence-corrected chi connectivity index (χ3v) is 4.26. The molecule has 3 rings (SSSR count). The van der Waals surface area contributed by atoms with Crippen molar-refractivity contribution in [1.82, 2.24) is 10.3 Å². The van der Waals surface area contributed by atoms with E-state index in [1.165, 1.54) is 11.3 Å². The fraction of sp³-hybridized carbons (Fsp3) is 0.429. The molecular weight excluding hydrogens is 290 g/mol. The molecule has 1 saturated heterocycles. The van der Waals surface area contributed by atoms with Crippen LogP contribution in [0.4, 0.5) is 9.93 Å². The predicted octanol–water partition coefficient (Wildman–Crippen LogP) is 2.61. The maximum absolute atomic E-state index is 11.8. The van der Waals surface area contributed by atoms with E-state index in [1.807, 2.05) is 18.2 Å². The molecule has 0 saturated carbocycles. The molecule has 0 bridgehead atoms. The summed E-state index contributed by atoms with van der Waals surface area (Å²) in [4.78, 5) is 16.2. The zero-order chi connectivity index (χ0) is 14.7. The average Bonchev–Trinajstić information content (AvgIpc) is 3.13. The lowest BCUT2D eigenvalue weighted by molar-refractivity contribution is 0.112. The van der Waals surface area contributed by atoms with Crippen molar-refractivity contribution >= 4 is 32.7 Å². The van der Waals surface area contributed by atoms with Gasteiger partial charge in [0.25, 0.3) is 0 Å². The maximum Gasteiger partial charge on any atom is 0.321 e. The number of hydrogen-bond donors (Lipinski definition) is 2. The number of urea groups is 1. The number of thiazole rings is 1. The molecule has 2 heterocycles. The summed E-state index contributed by atoms with van der Waals surface area (Å²) in [7, 11) is 1.62. The highest BCUT2D eigenvalue weighted by molar-refractivity contribution is 7.22. The Morgan fingerprint density at radius 2 is 2.48 bits per heavy atom. The largest absolute Gasteiger partial charge is 0.497 e. The summed E-state index contributed by atoms with van der Waals surface area (Å²) in [5, 5.41) is 6.13. The molecule has 1 aromatic carbocycles. The molecule has 7 heteroatoms. The molecule has 1 aliphatic rings. The molecular formula is C14H17N3O3S. The number of rotatable bonds is 4. The van der Waals surface area contributed by atoms with Gasteiger partial charge in [0.2, 0.25) is 0 Å². The number of carbonyl (C=O) groups is 1. The summed E-state index contributed by atoms with van der Waals surface area (Å²) < 4.78 is 11.6. The monoisotopic (exact) mass is 307 g/mol.